The van der Waals surface area contributed by atoms with E-state index >= 15 is 0 Å². The van der Waals surface area contributed by atoms with Gasteiger partial charge in [-0.2, -0.15) is 0 Å². The van der Waals surface area contributed by atoms with Crippen LogP contribution in [-0.4, -0.2) is 31.0 Å². The quantitative estimate of drug-likeness (QED) is 0.484. The number of esters is 1. The van der Waals surface area contributed by atoms with Gasteiger partial charge in [0.15, 0.2) is 0 Å². The van der Waals surface area contributed by atoms with Crippen LogP contribution in [0.15, 0.2) is 28.5 Å². The summed E-state index contributed by atoms with van der Waals surface area (Å²) in [6, 6.07) is -0.771. The number of nitrogens with two attached hydrogens (primary N) is 1. The van der Waals surface area contributed by atoms with Crippen LogP contribution in [0.4, 0.5) is 4.79 Å². The van der Waals surface area contributed by atoms with Gasteiger partial charge >= 0.3 is 12.0 Å². The number of amidine groups is 1. The number of aliphatic imine (C=N–C) groups is 1. The molecule has 0 atom stereocenters. The monoisotopic (exact) mass is 252 g/mol. The number of hydrogen-bond acceptors (Lipinski definition) is 5. The average Bonchev–Trinajstić information content (AvgIpc) is 2.36. The average molecular weight is 252 g/mol. The second kappa shape index (κ2) is 6.43. The molecule has 2 amide bonds. The number of carbonyl (C=O) groups excluding carboxylic acids is 2. The number of amides is 2. The van der Waals surface area contributed by atoms with Crippen LogP contribution < -0.4 is 16.4 Å². The first-order valence-electron chi connectivity index (χ1n) is 5.47. The van der Waals surface area contributed by atoms with Crippen LogP contribution in [0.5, 0.6) is 0 Å². The Bertz CT molecular complexity index is 438. The van der Waals surface area contributed by atoms with Crippen molar-refractivity contribution in [1.29, 1.82) is 0 Å². The molecule has 1 aliphatic rings. The molecule has 0 aromatic heterocycles. The van der Waals surface area contributed by atoms with E-state index in [9.17, 15) is 9.59 Å². The summed E-state index contributed by atoms with van der Waals surface area (Å²) in [5.74, 6) is -0.151. The van der Waals surface area contributed by atoms with E-state index in [1.54, 1.807) is 19.2 Å². The third kappa shape index (κ3) is 3.62. The summed E-state index contributed by atoms with van der Waals surface area (Å²) in [6.45, 7) is 3.94. The fourth-order valence-electron chi connectivity index (χ4n) is 1.33. The molecule has 0 saturated carbocycles. The topological polar surface area (TPSA) is 106 Å². The normalized spacial score (nSPS) is 15.1. The number of primary amides is 1. The zero-order valence-corrected chi connectivity index (χ0v) is 10.3. The highest BCUT2D eigenvalue weighted by Crippen LogP contribution is 2.07. The standard InChI is InChI=1S/C11H16N4O3/c1-3-18-10(16)7(2)8(15-11(12)17)9-13-5-4-6-14-9/h4-5H,3,6H2,1-2H3,(H,13,14)(H3,12,15,17). The molecule has 1 heterocycles. The minimum Gasteiger partial charge on any atom is -0.463 e. The molecule has 0 aromatic rings. The van der Waals surface area contributed by atoms with Crippen molar-refractivity contribution in [1.82, 2.24) is 10.6 Å². The van der Waals surface area contributed by atoms with Gasteiger partial charge in [-0.3, -0.25) is 4.99 Å². The van der Waals surface area contributed by atoms with Gasteiger partial charge in [-0.15, -0.1) is 0 Å². The molecule has 0 bridgehead atoms. The molecular formula is C11H16N4O3. The maximum absolute atomic E-state index is 11.6. The van der Waals surface area contributed by atoms with E-state index in [4.69, 9.17) is 10.5 Å². The van der Waals surface area contributed by atoms with Crippen LogP contribution in [0.1, 0.15) is 13.8 Å². The van der Waals surface area contributed by atoms with Crippen LogP contribution in [0, 0.1) is 0 Å². The third-order valence-corrected chi connectivity index (χ3v) is 2.13. The second-order valence-corrected chi connectivity index (χ2v) is 3.45. The molecule has 1 rings (SSSR count). The number of carbonyl (C=O) groups is 2. The number of hydrogen-bond donors (Lipinski definition) is 3. The maximum atomic E-state index is 11.6. The van der Waals surface area contributed by atoms with Crippen molar-refractivity contribution in [3.63, 3.8) is 0 Å². The van der Waals surface area contributed by atoms with E-state index in [-0.39, 0.29) is 17.9 Å². The van der Waals surface area contributed by atoms with Gasteiger partial charge in [0.1, 0.15) is 5.84 Å². The molecule has 7 heteroatoms. The minimum atomic E-state index is -0.771. The molecular weight excluding hydrogens is 236 g/mol. The summed E-state index contributed by atoms with van der Waals surface area (Å²) < 4.78 is 4.87. The molecule has 1 aliphatic heterocycles. The van der Waals surface area contributed by atoms with Gasteiger partial charge in [-0.05, 0) is 19.9 Å². The lowest BCUT2D eigenvalue weighted by molar-refractivity contribution is -0.138. The molecule has 7 nitrogen and oxygen atoms in total. The largest absolute Gasteiger partial charge is 0.463 e. The van der Waals surface area contributed by atoms with E-state index < -0.39 is 12.0 Å². The number of urea groups is 1. The third-order valence-electron chi connectivity index (χ3n) is 2.13. The maximum Gasteiger partial charge on any atom is 0.335 e. The molecule has 0 unspecified atom stereocenters. The Hall–Kier alpha value is -2.31. The van der Waals surface area contributed by atoms with Crippen LogP contribution in [0.3, 0.4) is 0 Å². The molecule has 0 fully saturated rings. The van der Waals surface area contributed by atoms with Crippen molar-refractivity contribution in [2.24, 2.45) is 10.7 Å². The van der Waals surface area contributed by atoms with Crippen LogP contribution in [0.2, 0.25) is 0 Å². The lowest BCUT2D eigenvalue weighted by atomic mass is 10.2. The summed E-state index contributed by atoms with van der Waals surface area (Å²) in [6.07, 6.45) is 3.47. The van der Waals surface area contributed by atoms with E-state index in [1.165, 1.54) is 6.92 Å². The van der Waals surface area contributed by atoms with Gasteiger partial charge in [-0.25, -0.2) is 9.59 Å². The molecule has 18 heavy (non-hydrogen) atoms. The summed E-state index contributed by atoms with van der Waals surface area (Å²) in [5.41, 5.74) is 5.54. The lowest BCUT2D eigenvalue weighted by Crippen LogP contribution is -2.38. The zero-order chi connectivity index (χ0) is 13.5. The van der Waals surface area contributed by atoms with E-state index in [0.29, 0.717) is 12.4 Å². The van der Waals surface area contributed by atoms with Gasteiger partial charge in [0.05, 0.1) is 24.4 Å². The smallest absolute Gasteiger partial charge is 0.335 e. The molecule has 0 spiro atoms. The van der Waals surface area contributed by atoms with Crippen LogP contribution in [-0.2, 0) is 9.53 Å². The Labute approximate surface area is 105 Å². The van der Waals surface area contributed by atoms with Gasteiger partial charge in [-0.1, -0.05) is 0 Å². The number of nitrogens with zero attached hydrogens (tertiary/aromatic N) is 1. The first-order chi connectivity index (χ1) is 8.56. The Morgan fingerprint density at radius 1 is 1.61 bits per heavy atom. The summed E-state index contributed by atoms with van der Waals surface area (Å²) in [4.78, 5) is 26.7. The molecule has 0 saturated heterocycles. The van der Waals surface area contributed by atoms with Gasteiger partial charge in [0.2, 0.25) is 0 Å². The van der Waals surface area contributed by atoms with Gasteiger partial charge in [0, 0.05) is 6.20 Å². The Morgan fingerprint density at radius 3 is 2.83 bits per heavy atom. The lowest BCUT2D eigenvalue weighted by Gasteiger charge is -2.16. The SMILES string of the molecule is CCOC(=O)C(C)=C(NC(N)=O)C1=NCC=CN1. The molecule has 4 N–H and O–H groups in total. The van der Waals surface area contributed by atoms with Crippen molar-refractivity contribution >= 4 is 17.8 Å². The zero-order valence-electron chi connectivity index (χ0n) is 10.3. The van der Waals surface area contributed by atoms with E-state index in [2.05, 4.69) is 15.6 Å². The number of ether oxygens (including phenoxy) is 1. The summed E-state index contributed by atoms with van der Waals surface area (Å²) in [7, 11) is 0. The highest BCUT2D eigenvalue weighted by Gasteiger charge is 2.18. The Balaban J connectivity index is 3.03. The second-order valence-electron chi connectivity index (χ2n) is 3.45. The molecule has 0 aromatic carbocycles. The molecule has 98 valence electrons. The van der Waals surface area contributed by atoms with Crippen molar-refractivity contribution in [2.75, 3.05) is 13.2 Å². The van der Waals surface area contributed by atoms with Crippen LogP contribution >= 0.6 is 0 Å². The fraction of sp³-hybridized carbons (Fsp3) is 0.364. The first-order valence-corrected chi connectivity index (χ1v) is 5.47. The van der Waals surface area contributed by atoms with Crippen molar-refractivity contribution < 1.29 is 14.3 Å². The number of nitrogens with one attached hydrogen (secondary N) is 2. The van der Waals surface area contributed by atoms with Crippen molar-refractivity contribution in [3.05, 3.63) is 23.5 Å². The molecule has 0 radical (unpaired) electrons. The Kier molecular flexibility index (Phi) is 4.91. The van der Waals surface area contributed by atoms with Crippen LogP contribution in [0.25, 0.3) is 0 Å². The predicted molar refractivity (Wildman–Crippen MR) is 66.6 cm³/mol. The van der Waals surface area contributed by atoms with Crippen molar-refractivity contribution in [3.8, 4) is 0 Å². The van der Waals surface area contributed by atoms with Gasteiger partial charge < -0.3 is 21.1 Å². The predicted octanol–water partition coefficient (Wildman–Crippen LogP) is 0.00720. The van der Waals surface area contributed by atoms with E-state index in [0.717, 1.165) is 0 Å². The Morgan fingerprint density at radius 2 is 2.33 bits per heavy atom. The highest BCUT2D eigenvalue weighted by molar-refractivity contribution is 6.07. The van der Waals surface area contributed by atoms with Gasteiger partial charge in [0.25, 0.3) is 0 Å². The minimum absolute atomic E-state index is 0.227. The first kappa shape index (κ1) is 13.8. The number of rotatable bonds is 4. The molecule has 0 aliphatic carbocycles. The fourth-order valence-corrected chi connectivity index (χ4v) is 1.33. The summed E-state index contributed by atoms with van der Waals surface area (Å²) >= 11 is 0. The summed E-state index contributed by atoms with van der Waals surface area (Å²) in [5, 5.41) is 5.22. The van der Waals surface area contributed by atoms with Crippen molar-refractivity contribution in [2.45, 2.75) is 13.8 Å². The van der Waals surface area contributed by atoms with E-state index in [1.807, 2.05) is 0 Å². The highest BCUT2D eigenvalue weighted by atomic mass is 16.5.